The Morgan fingerprint density at radius 3 is 2.05 bits per heavy atom. The third-order valence-electron chi connectivity index (χ3n) is 6.39. The van der Waals surface area contributed by atoms with E-state index in [0.717, 1.165) is 48.8 Å². The molecule has 7 heteroatoms. The zero-order valence-electron chi connectivity index (χ0n) is 26.5. The van der Waals surface area contributed by atoms with Crippen LogP contribution in [0.3, 0.4) is 0 Å². The predicted molar refractivity (Wildman–Crippen MR) is 160 cm³/mol. The van der Waals surface area contributed by atoms with Crippen molar-refractivity contribution >= 4 is 17.9 Å². The largest absolute Gasteiger partial charge is 0.444 e. The van der Waals surface area contributed by atoms with Gasteiger partial charge in [-0.05, 0) is 90.8 Å². The summed E-state index contributed by atoms with van der Waals surface area (Å²) in [5, 5.41) is 5.93. The monoisotopic (exact) mass is 545 g/mol. The number of ether oxygens (including phenoxy) is 1. The smallest absolute Gasteiger partial charge is 0.408 e. The summed E-state index contributed by atoms with van der Waals surface area (Å²) >= 11 is 0. The van der Waals surface area contributed by atoms with Crippen LogP contribution >= 0.6 is 0 Å². The van der Waals surface area contributed by atoms with Crippen LogP contribution in [0.15, 0.2) is 18.2 Å². The summed E-state index contributed by atoms with van der Waals surface area (Å²) in [6.07, 6.45) is 4.88. The van der Waals surface area contributed by atoms with Crippen molar-refractivity contribution in [3.63, 3.8) is 0 Å². The van der Waals surface area contributed by atoms with E-state index in [1.54, 1.807) is 25.7 Å². The summed E-state index contributed by atoms with van der Waals surface area (Å²) in [4.78, 5) is 42.6. The van der Waals surface area contributed by atoms with E-state index in [1.807, 2.05) is 66.7 Å². The van der Waals surface area contributed by atoms with Crippen LogP contribution in [0.25, 0.3) is 0 Å². The third kappa shape index (κ3) is 12.9. The van der Waals surface area contributed by atoms with Crippen LogP contribution in [-0.2, 0) is 14.3 Å². The highest BCUT2D eigenvalue weighted by Gasteiger charge is 2.37. The highest BCUT2D eigenvalue weighted by atomic mass is 16.6. The average Bonchev–Trinajstić information content (AvgIpc) is 2.76. The van der Waals surface area contributed by atoms with Gasteiger partial charge < -0.3 is 20.3 Å². The number of hydrogen-bond donors (Lipinski definition) is 2. The molecule has 1 aromatic rings. The second kappa shape index (κ2) is 15.3. The second-order valence-corrected chi connectivity index (χ2v) is 13.3. The Bertz CT molecular complexity index is 944. The lowest BCUT2D eigenvalue weighted by Gasteiger charge is -2.36. The fraction of sp³-hybridized carbons (Fsp3) is 0.719. The zero-order chi connectivity index (χ0) is 30.0. The Balaban J connectivity index is 3.56. The van der Waals surface area contributed by atoms with Crippen LogP contribution < -0.4 is 10.6 Å². The molecule has 0 fully saturated rings. The Labute approximate surface area is 237 Å². The Morgan fingerprint density at radius 2 is 1.54 bits per heavy atom. The normalized spacial score (nSPS) is 13.5. The van der Waals surface area contributed by atoms with E-state index < -0.39 is 29.3 Å². The lowest BCUT2D eigenvalue weighted by molar-refractivity contribution is -0.143. The molecule has 0 saturated carbocycles. The van der Waals surface area contributed by atoms with E-state index in [4.69, 9.17) is 4.74 Å². The molecule has 1 rings (SSSR count). The molecule has 0 aromatic heterocycles. The number of carbonyl (C=O) groups is 3. The van der Waals surface area contributed by atoms with Crippen molar-refractivity contribution in [2.45, 2.75) is 138 Å². The number of aryl methyl sites for hydroxylation is 2. The van der Waals surface area contributed by atoms with Gasteiger partial charge in [0.1, 0.15) is 17.7 Å². The average molecular weight is 546 g/mol. The van der Waals surface area contributed by atoms with E-state index in [2.05, 4.69) is 17.6 Å². The maximum Gasteiger partial charge on any atom is 0.408 e. The molecule has 222 valence electrons. The van der Waals surface area contributed by atoms with Gasteiger partial charge in [-0.15, -0.1) is 0 Å². The maximum atomic E-state index is 14.3. The quantitative estimate of drug-likeness (QED) is 0.261. The zero-order valence-corrected chi connectivity index (χ0v) is 26.5. The number of hydrogen-bond acceptors (Lipinski definition) is 4. The minimum absolute atomic E-state index is 0.142. The van der Waals surface area contributed by atoms with Gasteiger partial charge in [-0.1, -0.05) is 64.7 Å². The molecule has 2 N–H and O–H groups in total. The number of amides is 3. The summed E-state index contributed by atoms with van der Waals surface area (Å²) in [7, 11) is 0. The molecule has 0 spiro atoms. The molecule has 2 unspecified atom stereocenters. The van der Waals surface area contributed by atoms with E-state index in [0.29, 0.717) is 13.0 Å². The molecule has 0 aliphatic heterocycles. The first-order valence-corrected chi connectivity index (χ1v) is 14.6. The maximum absolute atomic E-state index is 14.3. The molecular weight excluding hydrogens is 490 g/mol. The fourth-order valence-electron chi connectivity index (χ4n) is 4.44. The number of rotatable bonds is 13. The first-order chi connectivity index (χ1) is 17.9. The van der Waals surface area contributed by atoms with Gasteiger partial charge in [-0.25, -0.2) is 4.79 Å². The molecular formula is C32H55N3O4. The molecule has 0 bridgehead atoms. The molecule has 0 aliphatic rings. The number of nitrogens with one attached hydrogen (secondary N) is 2. The number of alkyl carbamates (subject to hydrolysis) is 1. The highest BCUT2D eigenvalue weighted by molar-refractivity contribution is 5.92. The fourth-order valence-corrected chi connectivity index (χ4v) is 4.44. The molecule has 0 saturated heterocycles. The van der Waals surface area contributed by atoms with Crippen LogP contribution in [0.4, 0.5) is 4.79 Å². The molecule has 1 aromatic carbocycles. The summed E-state index contributed by atoms with van der Waals surface area (Å²) < 4.78 is 5.49. The summed E-state index contributed by atoms with van der Waals surface area (Å²) in [5.74, 6) is -0.352. The van der Waals surface area contributed by atoms with Gasteiger partial charge >= 0.3 is 6.09 Å². The Hall–Kier alpha value is -2.57. The summed E-state index contributed by atoms with van der Waals surface area (Å²) in [6.45, 7) is 21.8. The molecule has 2 atom stereocenters. The van der Waals surface area contributed by atoms with Crippen LogP contribution in [0.2, 0.25) is 0 Å². The van der Waals surface area contributed by atoms with Crippen molar-refractivity contribution in [3.8, 4) is 0 Å². The van der Waals surface area contributed by atoms with Crippen molar-refractivity contribution in [1.82, 2.24) is 15.5 Å². The van der Waals surface area contributed by atoms with Gasteiger partial charge in [0.15, 0.2) is 0 Å². The van der Waals surface area contributed by atoms with Crippen LogP contribution in [-0.4, -0.2) is 46.5 Å². The number of nitrogens with zero attached hydrogens (tertiary/aromatic N) is 1. The highest BCUT2D eigenvalue weighted by Crippen LogP contribution is 2.27. The summed E-state index contributed by atoms with van der Waals surface area (Å²) in [6, 6.07) is 4.30. The van der Waals surface area contributed by atoms with Crippen molar-refractivity contribution in [2.75, 3.05) is 6.54 Å². The lowest BCUT2D eigenvalue weighted by atomic mass is 9.95. The van der Waals surface area contributed by atoms with Gasteiger partial charge in [0.05, 0.1) is 0 Å². The number of benzene rings is 1. The molecule has 0 aliphatic carbocycles. The van der Waals surface area contributed by atoms with Crippen molar-refractivity contribution in [1.29, 1.82) is 0 Å². The van der Waals surface area contributed by atoms with E-state index >= 15 is 0 Å². The predicted octanol–water partition coefficient (Wildman–Crippen LogP) is 7.00. The van der Waals surface area contributed by atoms with Gasteiger partial charge in [0, 0.05) is 12.1 Å². The number of carbonyl (C=O) groups excluding carboxylic acids is 3. The van der Waals surface area contributed by atoms with Crippen molar-refractivity contribution < 1.29 is 19.1 Å². The first-order valence-electron chi connectivity index (χ1n) is 14.6. The number of unbranched alkanes of at least 4 members (excludes halogenated alkanes) is 4. The lowest BCUT2D eigenvalue weighted by Crippen LogP contribution is -2.55. The molecule has 3 amide bonds. The van der Waals surface area contributed by atoms with Gasteiger partial charge in [0.2, 0.25) is 11.8 Å². The molecule has 39 heavy (non-hydrogen) atoms. The van der Waals surface area contributed by atoms with Gasteiger partial charge in [-0.3, -0.25) is 9.59 Å². The van der Waals surface area contributed by atoms with Crippen LogP contribution in [0.5, 0.6) is 0 Å². The molecule has 0 radical (unpaired) electrons. The van der Waals surface area contributed by atoms with E-state index in [-0.39, 0.29) is 17.7 Å². The minimum atomic E-state index is -0.822. The second-order valence-electron chi connectivity index (χ2n) is 13.3. The SMILES string of the molecule is CCCCCCCN(C(=O)C(CC(C)C)NC(=O)OC(C)(C)C)C(C(=O)NC(C)(C)C)c1ccc(C)c(C)c1. The van der Waals surface area contributed by atoms with Crippen LogP contribution in [0.1, 0.15) is 124 Å². The standard InChI is InChI=1S/C32H55N3O4/c1-12-13-14-15-16-19-35(29(37)26(20-22(2)3)33-30(38)39-32(9,10)11)27(28(36)34-31(6,7)8)25-18-17-23(4)24(5)21-25/h17-18,21-22,26-27H,12-16,19-20H2,1-11H3,(H,33,38)(H,34,36). The Morgan fingerprint density at radius 1 is 0.923 bits per heavy atom. The van der Waals surface area contributed by atoms with Gasteiger partial charge in [-0.2, -0.15) is 0 Å². The van der Waals surface area contributed by atoms with Gasteiger partial charge in [0.25, 0.3) is 0 Å². The van der Waals surface area contributed by atoms with E-state index in [9.17, 15) is 14.4 Å². The topological polar surface area (TPSA) is 87.7 Å². The Kier molecular flexibility index (Phi) is 13.5. The first kappa shape index (κ1) is 34.5. The van der Waals surface area contributed by atoms with Crippen molar-refractivity contribution in [3.05, 3.63) is 34.9 Å². The summed E-state index contributed by atoms with van der Waals surface area (Å²) in [5.41, 5.74) is 1.78. The van der Waals surface area contributed by atoms with Crippen LogP contribution in [0, 0.1) is 19.8 Å². The van der Waals surface area contributed by atoms with E-state index in [1.165, 1.54) is 0 Å². The minimum Gasteiger partial charge on any atom is -0.444 e. The molecule has 7 nitrogen and oxygen atoms in total. The van der Waals surface area contributed by atoms with Crippen molar-refractivity contribution in [2.24, 2.45) is 5.92 Å². The molecule has 0 heterocycles. The third-order valence-corrected chi connectivity index (χ3v) is 6.39.